The summed E-state index contributed by atoms with van der Waals surface area (Å²) < 4.78 is 5.92. The summed E-state index contributed by atoms with van der Waals surface area (Å²) in [6, 6.07) is 0.505. The fourth-order valence-corrected chi connectivity index (χ4v) is 2.72. The summed E-state index contributed by atoms with van der Waals surface area (Å²) in [7, 11) is 0. The summed E-state index contributed by atoms with van der Waals surface area (Å²) in [5.41, 5.74) is 5.86. The third-order valence-electron chi connectivity index (χ3n) is 3.13. The SMILES string of the molecule is CC(C)CC(CN)N1CC(C)OC(C)(C)C1. The topological polar surface area (TPSA) is 38.5 Å². The average Bonchev–Trinajstić information content (AvgIpc) is 2.10. The molecule has 1 aliphatic heterocycles. The highest BCUT2D eigenvalue weighted by Crippen LogP contribution is 2.24. The lowest BCUT2D eigenvalue weighted by Crippen LogP contribution is -2.56. The largest absolute Gasteiger partial charge is 0.370 e. The van der Waals surface area contributed by atoms with E-state index in [1.807, 2.05) is 0 Å². The Labute approximate surface area is 100 Å². The highest BCUT2D eigenvalue weighted by Gasteiger charge is 2.34. The van der Waals surface area contributed by atoms with Gasteiger partial charge in [-0.15, -0.1) is 0 Å². The van der Waals surface area contributed by atoms with Crippen molar-refractivity contribution in [3.05, 3.63) is 0 Å². The molecule has 0 spiro atoms. The monoisotopic (exact) mass is 228 g/mol. The predicted molar refractivity (Wildman–Crippen MR) is 68.5 cm³/mol. The van der Waals surface area contributed by atoms with Crippen molar-refractivity contribution in [3.8, 4) is 0 Å². The van der Waals surface area contributed by atoms with Crippen molar-refractivity contribution < 1.29 is 4.74 Å². The molecule has 1 fully saturated rings. The van der Waals surface area contributed by atoms with Gasteiger partial charge in [-0.25, -0.2) is 0 Å². The summed E-state index contributed by atoms with van der Waals surface area (Å²) in [4.78, 5) is 2.51. The maximum Gasteiger partial charge on any atom is 0.0757 e. The van der Waals surface area contributed by atoms with Gasteiger partial charge in [-0.1, -0.05) is 13.8 Å². The van der Waals surface area contributed by atoms with E-state index in [1.54, 1.807) is 0 Å². The van der Waals surface area contributed by atoms with E-state index >= 15 is 0 Å². The minimum absolute atomic E-state index is 0.0396. The minimum atomic E-state index is -0.0396. The molecule has 0 aromatic heterocycles. The van der Waals surface area contributed by atoms with Gasteiger partial charge in [-0.3, -0.25) is 4.90 Å². The fraction of sp³-hybridized carbons (Fsp3) is 1.00. The molecule has 2 atom stereocenters. The van der Waals surface area contributed by atoms with Crippen molar-refractivity contribution in [1.82, 2.24) is 4.90 Å². The number of nitrogens with two attached hydrogens (primary N) is 1. The first-order valence-corrected chi connectivity index (χ1v) is 6.46. The molecule has 2 N–H and O–H groups in total. The van der Waals surface area contributed by atoms with Crippen LogP contribution in [-0.4, -0.2) is 42.3 Å². The van der Waals surface area contributed by atoms with Gasteiger partial charge in [0.05, 0.1) is 11.7 Å². The molecule has 1 aliphatic rings. The second-order valence-electron chi connectivity index (χ2n) is 6.14. The molecule has 0 amide bonds. The number of hydrogen-bond acceptors (Lipinski definition) is 3. The first kappa shape index (κ1) is 13.9. The number of morpholine rings is 1. The molecule has 3 nitrogen and oxygen atoms in total. The van der Waals surface area contributed by atoms with E-state index in [4.69, 9.17) is 10.5 Å². The Morgan fingerprint density at radius 3 is 2.50 bits per heavy atom. The van der Waals surface area contributed by atoms with Crippen molar-refractivity contribution in [1.29, 1.82) is 0 Å². The third kappa shape index (κ3) is 4.04. The first-order valence-electron chi connectivity index (χ1n) is 6.46. The molecule has 3 heteroatoms. The number of hydrogen-bond donors (Lipinski definition) is 1. The van der Waals surface area contributed by atoms with E-state index in [2.05, 4.69) is 39.5 Å². The van der Waals surface area contributed by atoms with Crippen LogP contribution in [0.5, 0.6) is 0 Å². The van der Waals surface area contributed by atoms with Crippen LogP contribution in [-0.2, 0) is 4.74 Å². The van der Waals surface area contributed by atoms with Crippen molar-refractivity contribution in [2.75, 3.05) is 19.6 Å². The Balaban J connectivity index is 2.62. The lowest BCUT2D eigenvalue weighted by atomic mass is 9.98. The van der Waals surface area contributed by atoms with Gasteiger partial charge in [0.1, 0.15) is 0 Å². The molecule has 16 heavy (non-hydrogen) atoms. The number of rotatable bonds is 4. The Kier molecular flexibility index (Phi) is 4.77. The third-order valence-corrected chi connectivity index (χ3v) is 3.13. The molecular weight excluding hydrogens is 200 g/mol. The highest BCUT2D eigenvalue weighted by molar-refractivity contribution is 4.87. The van der Waals surface area contributed by atoms with E-state index in [9.17, 15) is 0 Å². The maximum atomic E-state index is 5.92. The quantitative estimate of drug-likeness (QED) is 0.798. The van der Waals surface area contributed by atoms with Gasteiger partial charge in [0, 0.05) is 25.7 Å². The number of nitrogens with zero attached hydrogens (tertiary/aromatic N) is 1. The highest BCUT2D eigenvalue weighted by atomic mass is 16.5. The molecular formula is C13H28N2O. The molecule has 0 radical (unpaired) electrons. The fourth-order valence-electron chi connectivity index (χ4n) is 2.72. The van der Waals surface area contributed by atoms with Gasteiger partial charge in [-0.05, 0) is 33.1 Å². The van der Waals surface area contributed by atoms with Crippen LogP contribution in [0.25, 0.3) is 0 Å². The van der Waals surface area contributed by atoms with Crippen LogP contribution >= 0.6 is 0 Å². The summed E-state index contributed by atoms with van der Waals surface area (Å²) in [6.07, 6.45) is 1.49. The molecule has 1 heterocycles. The number of ether oxygens (including phenoxy) is 1. The Bertz CT molecular complexity index is 216. The molecule has 0 aromatic rings. The second-order valence-corrected chi connectivity index (χ2v) is 6.14. The first-order chi connectivity index (χ1) is 7.34. The zero-order valence-electron chi connectivity index (χ0n) is 11.5. The Morgan fingerprint density at radius 1 is 1.44 bits per heavy atom. The van der Waals surface area contributed by atoms with Crippen molar-refractivity contribution in [3.63, 3.8) is 0 Å². The second kappa shape index (κ2) is 5.48. The van der Waals surface area contributed by atoms with Gasteiger partial charge in [-0.2, -0.15) is 0 Å². The summed E-state index contributed by atoms with van der Waals surface area (Å²) in [6.45, 7) is 13.8. The Hall–Kier alpha value is -0.120. The molecule has 2 unspecified atom stereocenters. The zero-order chi connectivity index (χ0) is 12.3. The van der Waals surface area contributed by atoms with Gasteiger partial charge in [0.2, 0.25) is 0 Å². The average molecular weight is 228 g/mol. The lowest BCUT2D eigenvalue weighted by molar-refractivity contribution is -0.138. The van der Waals surface area contributed by atoms with E-state index in [-0.39, 0.29) is 5.60 Å². The standard InChI is InChI=1S/C13H28N2O/c1-10(2)6-12(7-14)15-8-11(3)16-13(4,5)9-15/h10-12H,6-9,14H2,1-5H3. The lowest BCUT2D eigenvalue weighted by Gasteiger charge is -2.45. The van der Waals surface area contributed by atoms with Crippen LogP contribution in [0.4, 0.5) is 0 Å². The van der Waals surface area contributed by atoms with E-state index in [0.717, 1.165) is 19.6 Å². The van der Waals surface area contributed by atoms with Crippen molar-refractivity contribution >= 4 is 0 Å². The summed E-state index contributed by atoms with van der Waals surface area (Å²) in [5.74, 6) is 0.704. The summed E-state index contributed by atoms with van der Waals surface area (Å²) >= 11 is 0. The normalized spacial score (nSPS) is 28.3. The molecule has 0 bridgehead atoms. The Morgan fingerprint density at radius 2 is 2.06 bits per heavy atom. The molecule has 0 aliphatic carbocycles. The molecule has 96 valence electrons. The van der Waals surface area contributed by atoms with Gasteiger partial charge < -0.3 is 10.5 Å². The maximum absolute atomic E-state index is 5.92. The molecule has 1 rings (SSSR count). The smallest absolute Gasteiger partial charge is 0.0757 e. The van der Waals surface area contributed by atoms with Crippen molar-refractivity contribution in [2.24, 2.45) is 11.7 Å². The van der Waals surface area contributed by atoms with Crippen LogP contribution < -0.4 is 5.73 Å². The van der Waals surface area contributed by atoms with E-state index in [0.29, 0.717) is 18.1 Å². The van der Waals surface area contributed by atoms with E-state index < -0.39 is 0 Å². The molecule has 1 saturated heterocycles. The molecule has 0 saturated carbocycles. The predicted octanol–water partition coefficient (Wildman–Crippen LogP) is 1.86. The van der Waals surface area contributed by atoms with E-state index in [1.165, 1.54) is 6.42 Å². The van der Waals surface area contributed by atoms with Crippen LogP contribution in [0, 0.1) is 5.92 Å². The van der Waals surface area contributed by atoms with Crippen LogP contribution in [0.3, 0.4) is 0 Å². The minimum Gasteiger partial charge on any atom is -0.370 e. The summed E-state index contributed by atoms with van der Waals surface area (Å²) in [5, 5.41) is 0. The van der Waals surface area contributed by atoms with Gasteiger partial charge >= 0.3 is 0 Å². The van der Waals surface area contributed by atoms with Crippen LogP contribution in [0.2, 0.25) is 0 Å². The van der Waals surface area contributed by atoms with Gasteiger partial charge in [0.15, 0.2) is 0 Å². The van der Waals surface area contributed by atoms with Gasteiger partial charge in [0.25, 0.3) is 0 Å². The molecule has 0 aromatic carbocycles. The van der Waals surface area contributed by atoms with Crippen LogP contribution in [0.1, 0.15) is 41.0 Å². The van der Waals surface area contributed by atoms with Crippen molar-refractivity contribution in [2.45, 2.75) is 58.8 Å². The zero-order valence-corrected chi connectivity index (χ0v) is 11.5. The van der Waals surface area contributed by atoms with Crippen LogP contribution in [0.15, 0.2) is 0 Å².